The predicted molar refractivity (Wildman–Crippen MR) is 66.6 cm³/mol. The maximum Gasteiger partial charge on any atom is 0.122 e. The van der Waals surface area contributed by atoms with Gasteiger partial charge in [0, 0.05) is 13.1 Å². The average Bonchev–Trinajstić information content (AvgIpc) is 2.40. The first-order valence-electron chi connectivity index (χ1n) is 6.49. The van der Waals surface area contributed by atoms with Crippen LogP contribution in [0.2, 0.25) is 0 Å². The molecule has 1 N–H and O–H groups in total. The van der Waals surface area contributed by atoms with E-state index in [1.165, 1.54) is 11.1 Å². The highest BCUT2D eigenvalue weighted by Gasteiger charge is 2.16. The molecule has 3 heteroatoms. The molecule has 0 radical (unpaired) electrons. The van der Waals surface area contributed by atoms with Crippen LogP contribution in [-0.4, -0.2) is 32.4 Å². The van der Waals surface area contributed by atoms with Crippen molar-refractivity contribution >= 4 is 0 Å². The quantitative estimate of drug-likeness (QED) is 0.840. The summed E-state index contributed by atoms with van der Waals surface area (Å²) in [6.07, 6.45) is 3.61. The molecule has 1 aromatic carbocycles. The van der Waals surface area contributed by atoms with Gasteiger partial charge in [-0.3, -0.25) is 0 Å². The second-order valence-corrected chi connectivity index (χ2v) is 4.80. The molecule has 2 aliphatic rings. The van der Waals surface area contributed by atoms with E-state index < -0.39 is 0 Å². The Morgan fingerprint density at radius 1 is 1.29 bits per heavy atom. The summed E-state index contributed by atoms with van der Waals surface area (Å²) < 4.78 is 11.4. The summed E-state index contributed by atoms with van der Waals surface area (Å²) in [5.41, 5.74) is 2.72. The second-order valence-electron chi connectivity index (χ2n) is 4.80. The summed E-state index contributed by atoms with van der Waals surface area (Å²) in [4.78, 5) is 0. The average molecular weight is 233 g/mol. The third-order valence-electron chi connectivity index (χ3n) is 3.44. The fourth-order valence-electron chi connectivity index (χ4n) is 2.55. The van der Waals surface area contributed by atoms with Gasteiger partial charge in [0.25, 0.3) is 0 Å². The maximum atomic E-state index is 5.73. The van der Waals surface area contributed by atoms with Gasteiger partial charge in [0.05, 0.1) is 19.3 Å². The fourth-order valence-corrected chi connectivity index (χ4v) is 2.55. The summed E-state index contributed by atoms with van der Waals surface area (Å²) >= 11 is 0. The van der Waals surface area contributed by atoms with Gasteiger partial charge in [0.15, 0.2) is 0 Å². The Kier molecular flexibility index (Phi) is 3.29. The molecule has 17 heavy (non-hydrogen) atoms. The maximum absolute atomic E-state index is 5.73. The standard InChI is InChI=1S/C14H19NO2/c1-2-12-8-11(3-4-14(12)17-6-1)9-13-10-15-5-7-16-13/h3-4,8,13,15H,1-2,5-7,9-10H2. The number of rotatable bonds is 2. The number of nitrogens with one attached hydrogen (secondary N) is 1. The lowest BCUT2D eigenvalue weighted by Crippen LogP contribution is -2.39. The SMILES string of the molecule is c1cc2c(cc1CC1CNCCO1)CCCO2. The minimum Gasteiger partial charge on any atom is -0.493 e. The zero-order valence-electron chi connectivity index (χ0n) is 10.1. The van der Waals surface area contributed by atoms with Crippen molar-refractivity contribution in [2.45, 2.75) is 25.4 Å². The highest BCUT2D eigenvalue weighted by molar-refractivity contribution is 5.38. The number of fused-ring (bicyclic) bond motifs is 1. The van der Waals surface area contributed by atoms with E-state index in [1.807, 2.05) is 0 Å². The second kappa shape index (κ2) is 5.07. The molecule has 92 valence electrons. The Morgan fingerprint density at radius 2 is 2.29 bits per heavy atom. The van der Waals surface area contributed by atoms with Gasteiger partial charge in [-0.05, 0) is 36.5 Å². The van der Waals surface area contributed by atoms with E-state index in [4.69, 9.17) is 9.47 Å². The molecule has 1 saturated heterocycles. The first-order valence-corrected chi connectivity index (χ1v) is 6.49. The van der Waals surface area contributed by atoms with Crippen molar-refractivity contribution in [1.82, 2.24) is 5.32 Å². The van der Waals surface area contributed by atoms with Crippen LogP contribution in [0, 0.1) is 0 Å². The first-order chi connectivity index (χ1) is 8.42. The molecule has 1 aromatic rings. The van der Waals surface area contributed by atoms with Crippen LogP contribution in [-0.2, 0) is 17.6 Å². The number of hydrogen-bond donors (Lipinski definition) is 1. The lowest BCUT2D eigenvalue weighted by Gasteiger charge is -2.24. The Balaban J connectivity index is 1.70. The molecule has 2 heterocycles. The monoisotopic (exact) mass is 233 g/mol. The molecule has 0 bridgehead atoms. The van der Waals surface area contributed by atoms with Crippen LogP contribution in [0.1, 0.15) is 17.5 Å². The van der Waals surface area contributed by atoms with E-state index in [9.17, 15) is 0 Å². The fraction of sp³-hybridized carbons (Fsp3) is 0.571. The van der Waals surface area contributed by atoms with Crippen molar-refractivity contribution in [3.8, 4) is 5.75 Å². The van der Waals surface area contributed by atoms with Crippen molar-refractivity contribution in [1.29, 1.82) is 0 Å². The van der Waals surface area contributed by atoms with Crippen molar-refractivity contribution in [2.24, 2.45) is 0 Å². The van der Waals surface area contributed by atoms with Gasteiger partial charge in [-0.1, -0.05) is 12.1 Å². The van der Waals surface area contributed by atoms with Crippen molar-refractivity contribution in [3.63, 3.8) is 0 Å². The summed E-state index contributed by atoms with van der Waals surface area (Å²) in [7, 11) is 0. The molecular formula is C14H19NO2. The molecule has 1 unspecified atom stereocenters. The van der Waals surface area contributed by atoms with E-state index in [-0.39, 0.29) is 0 Å². The summed E-state index contributed by atoms with van der Waals surface area (Å²) in [6.45, 7) is 3.64. The number of aryl methyl sites for hydroxylation is 1. The van der Waals surface area contributed by atoms with Crippen LogP contribution in [0.5, 0.6) is 5.75 Å². The molecule has 0 spiro atoms. The summed E-state index contributed by atoms with van der Waals surface area (Å²) in [6, 6.07) is 6.56. The Bertz CT molecular complexity index is 386. The van der Waals surface area contributed by atoms with Crippen LogP contribution < -0.4 is 10.1 Å². The first kappa shape index (κ1) is 11.1. The van der Waals surface area contributed by atoms with Crippen LogP contribution in [0.25, 0.3) is 0 Å². The van der Waals surface area contributed by atoms with Gasteiger partial charge in [-0.25, -0.2) is 0 Å². The van der Waals surface area contributed by atoms with Crippen LogP contribution in [0.15, 0.2) is 18.2 Å². The molecule has 0 saturated carbocycles. The van der Waals surface area contributed by atoms with E-state index in [2.05, 4.69) is 23.5 Å². The number of benzene rings is 1. The molecule has 3 nitrogen and oxygen atoms in total. The molecular weight excluding hydrogens is 214 g/mol. The highest BCUT2D eigenvalue weighted by Crippen LogP contribution is 2.26. The lowest BCUT2D eigenvalue weighted by atomic mass is 10.00. The van der Waals surface area contributed by atoms with Crippen LogP contribution in [0.3, 0.4) is 0 Å². The molecule has 1 atom stereocenters. The number of ether oxygens (including phenoxy) is 2. The van der Waals surface area contributed by atoms with Crippen molar-refractivity contribution in [3.05, 3.63) is 29.3 Å². The third-order valence-corrected chi connectivity index (χ3v) is 3.44. The molecule has 3 rings (SSSR count). The van der Waals surface area contributed by atoms with Gasteiger partial charge < -0.3 is 14.8 Å². The third kappa shape index (κ3) is 2.61. The van der Waals surface area contributed by atoms with E-state index in [0.717, 1.165) is 51.3 Å². The van der Waals surface area contributed by atoms with E-state index >= 15 is 0 Å². The van der Waals surface area contributed by atoms with Gasteiger partial charge in [0.2, 0.25) is 0 Å². The van der Waals surface area contributed by atoms with Gasteiger partial charge >= 0.3 is 0 Å². The van der Waals surface area contributed by atoms with Gasteiger partial charge in [0.1, 0.15) is 5.75 Å². The number of morpholine rings is 1. The normalized spacial score (nSPS) is 23.9. The smallest absolute Gasteiger partial charge is 0.122 e. The van der Waals surface area contributed by atoms with E-state index in [0.29, 0.717) is 6.10 Å². The zero-order valence-corrected chi connectivity index (χ0v) is 10.1. The molecule has 2 aliphatic heterocycles. The van der Waals surface area contributed by atoms with Gasteiger partial charge in [-0.2, -0.15) is 0 Å². The van der Waals surface area contributed by atoms with Gasteiger partial charge in [-0.15, -0.1) is 0 Å². The Labute approximate surface area is 102 Å². The highest BCUT2D eigenvalue weighted by atomic mass is 16.5. The number of hydrogen-bond acceptors (Lipinski definition) is 3. The lowest BCUT2D eigenvalue weighted by molar-refractivity contribution is 0.0292. The molecule has 0 aromatic heterocycles. The summed E-state index contributed by atoms with van der Waals surface area (Å²) in [5.74, 6) is 1.07. The minimum atomic E-state index is 0.325. The van der Waals surface area contributed by atoms with Crippen molar-refractivity contribution in [2.75, 3.05) is 26.3 Å². The molecule has 0 aliphatic carbocycles. The molecule has 0 amide bonds. The topological polar surface area (TPSA) is 30.5 Å². The Morgan fingerprint density at radius 3 is 3.18 bits per heavy atom. The van der Waals surface area contributed by atoms with Crippen LogP contribution in [0.4, 0.5) is 0 Å². The largest absolute Gasteiger partial charge is 0.493 e. The summed E-state index contributed by atoms with van der Waals surface area (Å²) in [5, 5.41) is 3.37. The van der Waals surface area contributed by atoms with Crippen molar-refractivity contribution < 1.29 is 9.47 Å². The Hall–Kier alpha value is -1.06. The molecule has 1 fully saturated rings. The van der Waals surface area contributed by atoms with E-state index in [1.54, 1.807) is 0 Å². The zero-order chi connectivity index (χ0) is 11.5. The predicted octanol–water partition coefficient (Wildman–Crippen LogP) is 1.54. The van der Waals surface area contributed by atoms with Crippen LogP contribution >= 0.6 is 0 Å². The minimum absolute atomic E-state index is 0.325.